The van der Waals surface area contributed by atoms with Gasteiger partial charge in [-0.2, -0.15) is 0 Å². The smallest absolute Gasteiger partial charge is 0.410 e. The van der Waals surface area contributed by atoms with Crippen molar-refractivity contribution in [3.8, 4) is 23.0 Å². The number of hydrogen-bond acceptors (Lipinski definition) is 13. The van der Waals surface area contributed by atoms with Crippen LogP contribution in [-0.4, -0.2) is 121 Å². The highest BCUT2D eigenvalue weighted by molar-refractivity contribution is 9.10. The number of amides is 2. The summed E-state index contributed by atoms with van der Waals surface area (Å²) in [5.74, 6) is 5.02. The van der Waals surface area contributed by atoms with E-state index in [1.165, 1.54) is 112 Å². The fourth-order valence-corrected chi connectivity index (χ4v) is 21.0. The van der Waals surface area contributed by atoms with E-state index in [2.05, 4.69) is 262 Å². The van der Waals surface area contributed by atoms with E-state index in [4.69, 9.17) is 33.2 Å². The van der Waals surface area contributed by atoms with Crippen molar-refractivity contribution in [2.45, 2.75) is 182 Å². The minimum atomic E-state index is -0.824. The van der Waals surface area contributed by atoms with Crippen molar-refractivity contribution < 1.29 is 42.7 Å². The lowest BCUT2D eigenvalue weighted by molar-refractivity contribution is 0.0177. The Kier molecular flexibility index (Phi) is 34.2. The van der Waals surface area contributed by atoms with Gasteiger partial charge in [-0.05, 0) is 214 Å². The average molecular weight is 1690 g/mol. The summed E-state index contributed by atoms with van der Waals surface area (Å²) in [4.78, 5) is 39.2. The molecule has 8 aromatic carbocycles. The maximum absolute atomic E-state index is 12.6. The van der Waals surface area contributed by atoms with E-state index in [1.807, 2.05) is 65.9 Å². The normalized spacial score (nSPS) is 17.3. The Labute approximate surface area is 714 Å². The predicted octanol–water partition coefficient (Wildman–Crippen LogP) is 20.9. The van der Waals surface area contributed by atoms with E-state index in [1.54, 1.807) is 28.4 Å². The average Bonchev–Trinajstić information content (AvgIpc) is 0.870. The first-order valence-electron chi connectivity index (χ1n) is 42.0. The minimum Gasteiger partial charge on any atom is -0.490 e. The standard InChI is InChI=1S/C39H32OP2.C30H43N3O4.C15H21BrN2O3.C15H23NO.CH4/c1-39(2)33-25-15-27-35(41(29-17-7-3-8-18-29)30-19-9-4-10-20-30)37(33)40-38-34(39)26-16-28-36(38)42(31-21-11-5-12-22-31)32-23-13-6-14-24-32;1-30(2,3)37-29(34)33-16-8-14-26(33)23-36-28-18-27(19-31-20-28)32-15-7-12-24(21-32)13-9-17-35-22-25-10-5-4-6-11-25;1-15(2,3)21-14(19)18-6-4-5-12(18)10-20-13-7-11(16)8-17-9-13;1-2-6-15(7-3-1)13-17-11-5-9-14-8-4-10-16-12-14;/h3-28H,1-2H3;4-6,10-11,18-20,24,26H,7-9,12-17,21-23H2,1-3H3;7-9,12H,4-6,10H2,1-3H3;1-3,6-7,14,16H,4-5,8-13H2;1H4/t;24-,26-;12-;14-;/m.000./s1. The molecule has 0 radical (unpaired) electrons. The van der Waals surface area contributed by atoms with E-state index < -0.39 is 27.0 Å². The minimum absolute atomic E-state index is 0. The summed E-state index contributed by atoms with van der Waals surface area (Å²) in [6.45, 7) is 26.0. The van der Waals surface area contributed by atoms with Gasteiger partial charge in [0, 0.05) is 83.3 Å². The molecule has 7 heterocycles. The van der Waals surface area contributed by atoms with Crippen LogP contribution in [0.25, 0.3) is 0 Å². The number of carbonyl (C=O) groups excluding carboxylic acids is 2. The van der Waals surface area contributed by atoms with E-state index in [0.717, 1.165) is 105 Å². The number of fused-ring (bicyclic) bond motifs is 2. The molecule has 15 nitrogen and oxygen atoms in total. The van der Waals surface area contributed by atoms with Crippen molar-refractivity contribution in [2.24, 2.45) is 11.8 Å². The molecular weight excluding hydrogens is 1570 g/mol. The molecule has 0 aliphatic carbocycles. The van der Waals surface area contributed by atoms with Gasteiger partial charge >= 0.3 is 12.2 Å². The van der Waals surface area contributed by atoms with Crippen LogP contribution in [0.4, 0.5) is 15.3 Å². The number of piperidine rings is 2. The molecule has 0 bridgehead atoms. The number of halogens is 1. The van der Waals surface area contributed by atoms with Crippen LogP contribution in [0.5, 0.6) is 23.0 Å². The summed E-state index contributed by atoms with van der Waals surface area (Å²) in [7, 11) is -1.65. The Morgan fingerprint density at radius 3 is 1.35 bits per heavy atom. The third kappa shape index (κ3) is 26.5. The molecule has 0 saturated carbocycles. The number of aromatic nitrogens is 2. The molecule has 118 heavy (non-hydrogen) atoms. The fourth-order valence-electron chi connectivity index (χ4n) is 15.8. The lowest BCUT2D eigenvalue weighted by atomic mass is 9.76. The van der Waals surface area contributed by atoms with Crippen LogP contribution in [0.3, 0.4) is 0 Å². The van der Waals surface area contributed by atoms with Gasteiger partial charge in [-0.15, -0.1) is 0 Å². The Bertz CT molecular complexity index is 4440. The molecule has 4 atom stereocenters. The van der Waals surface area contributed by atoms with Gasteiger partial charge in [0.15, 0.2) is 0 Å². The zero-order valence-electron chi connectivity index (χ0n) is 69.7. The monoisotopic (exact) mass is 1690 g/mol. The second kappa shape index (κ2) is 44.9. The maximum atomic E-state index is 12.6. The van der Waals surface area contributed by atoms with Crippen molar-refractivity contribution in [2.75, 3.05) is 70.6 Å². The number of pyridine rings is 2. The van der Waals surface area contributed by atoms with Gasteiger partial charge in [-0.25, -0.2) is 9.59 Å². The molecule has 10 aromatic rings. The summed E-state index contributed by atoms with van der Waals surface area (Å²) >= 11 is 3.36. The number of ether oxygens (including phenoxy) is 7. The fraction of sp³-hybridized carbons (Fsp3) is 0.400. The predicted molar refractivity (Wildman–Crippen MR) is 490 cm³/mol. The van der Waals surface area contributed by atoms with Gasteiger partial charge in [-0.1, -0.05) is 240 Å². The van der Waals surface area contributed by atoms with Crippen LogP contribution in [0.2, 0.25) is 0 Å². The molecule has 2 aromatic heterocycles. The number of para-hydroxylation sites is 2. The summed E-state index contributed by atoms with van der Waals surface area (Å²) < 4.78 is 42.6. The number of anilines is 1. The number of nitrogens with zero attached hydrogens (tertiary/aromatic N) is 5. The Morgan fingerprint density at radius 2 is 0.915 bits per heavy atom. The first-order chi connectivity index (χ1) is 56.8. The van der Waals surface area contributed by atoms with Gasteiger partial charge < -0.3 is 53.2 Å². The molecule has 1 N–H and O–H groups in total. The van der Waals surface area contributed by atoms with Crippen LogP contribution in [-0.2, 0) is 37.6 Å². The molecule has 4 fully saturated rings. The molecule has 15 rings (SSSR count). The summed E-state index contributed by atoms with van der Waals surface area (Å²) in [5, 5.41) is 11.3. The van der Waals surface area contributed by atoms with Crippen molar-refractivity contribution in [1.82, 2.24) is 25.1 Å². The zero-order chi connectivity index (χ0) is 81.8. The first-order valence-corrected chi connectivity index (χ1v) is 45.5. The third-order valence-corrected chi connectivity index (χ3v) is 27.0. The van der Waals surface area contributed by atoms with Crippen LogP contribution in [0.1, 0.15) is 162 Å². The summed E-state index contributed by atoms with van der Waals surface area (Å²) in [5.41, 5.74) is 4.90. The highest BCUT2D eigenvalue weighted by Gasteiger charge is 2.40. The van der Waals surface area contributed by atoms with E-state index in [0.29, 0.717) is 38.0 Å². The number of rotatable bonds is 25. The lowest BCUT2D eigenvalue weighted by Gasteiger charge is -2.38. The number of nitrogens with one attached hydrogen (secondary N) is 1. The van der Waals surface area contributed by atoms with Gasteiger partial charge in [0.05, 0.1) is 49.6 Å². The summed E-state index contributed by atoms with van der Waals surface area (Å²) in [6, 6.07) is 81.9. The zero-order valence-corrected chi connectivity index (χ0v) is 73.1. The van der Waals surface area contributed by atoms with Gasteiger partial charge in [0.2, 0.25) is 0 Å². The van der Waals surface area contributed by atoms with Crippen LogP contribution >= 0.6 is 31.8 Å². The second-order valence-electron chi connectivity index (χ2n) is 33.4. The van der Waals surface area contributed by atoms with Gasteiger partial charge in [0.25, 0.3) is 0 Å². The second-order valence-corrected chi connectivity index (χ2v) is 38.6. The largest absolute Gasteiger partial charge is 0.490 e. The molecule has 5 aliphatic rings. The van der Waals surface area contributed by atoms with Crippen LogP contribution in [0.15, 0.2) is 260 Å². The van der Waals surface area contributed by atoms with Crippen LogP contribution in [0, 0.1) is 11.8 Å². The SMILES string of the molecule is C.CC(C)(C)OC(=O)N1CCC[C@H]1COc1cncc(Br)c1.CC(C)(C)OC(=O)N1CCC[C@H]1COc1cncc(N2CCC[C@@H](CCCOCc3ccccc3)C2)c1.CC1(C)c2cccc(P(c3ccccc3)c3ccccc3)c2Oc2c(P(c3ccccc3)c3ccccc3)cccc21.c1ccc(COCCC[C@@H]2CCCNC2)cc1. The molecule has 18 heteroatoms. The van der Waals surface area contributed by atoms with Crippen molar-refractivity contribution >= 4 is 81.5 Å². The summed E-state index contributed by atoms with van der Waals surface area (Å²) in [6.07, 6.45) is 20.3. The van der Waals surface area contributed by atoms with Crippen molar-refractivity contribution in [3.05, 3.63) is 282 Å². The molecule has 624 valence electrons. The van der Waals surface area contributed by atoms with Crippen LogP contribution < -0.4 is 56.3 Å². The Hall–Kier alpha value is -8.98. The Balaban J connectivity index is 0.000000163. The third-order valence-electron chi connectivity index (χ3n) is 21.7. The highest BCUT2D eigenvalue weighted by Crippen LogP contribution is 2.52. The first kappa shape index (κ1) is 89.8. The van der Waals surface area contributed by atoms with E-state index in [9.17, 15) is 9.59 Å². The lowest BCUT2D eigenvalue weighted by Crippen LogP contribution is -2.42. The number of carbonyl (C=O) groups is 2. The number of likely N-dealkylation sites (tertiary alicyclic amines) is 2. The molecule has 0 spiro atoms. The quantitative estimate of drug-likeness (QED) is 0.0428. The molecule has 2 amide bonds. The van der Waals surface area contributed by atoms with Crippen molar-refractivity contribution in [3.63, 3.8) is 0 Å². The molecular formula is C100H123BrN6O9P2. The highest BCUT2D eigenvalue weighted by atomic mass is 79.9. The maximum Gasteiger partial charge on any atom is 0.410 e. The van der Waals surface area contributed by atoms with Gasteiger partial charge in [-0.3, -0.25) is 9.97 Å². The van der Waals surface area contributed by atoms with Crippen molar-refractivity contribution in [1.29, 1.82) is 0 Å². The Morgan fingerprint density at radius 1 is 0.500 bits per heavy atom. The number of hydrogen-bond donors (Lipinski definition) is 1. The van der Waals surface area contributed by atoms with E-state index >= 15 is 0 Å². The molecule has 4 saturated heterocycles. The van der Waals surface area contributed by atoms with Gasteiger partial charge in [0.1, 0.15) is 47.4 Å². The molecule has 5 aliphatic heterocycles. The number of benzene rings is 8. The van der Waals surface area contributed by atoms with E-state index in [-0.39, 0.29) is 37.1 Å². The molecule has 0 unspecified atom stereocenters. The topological polar surface area (TPSA) is 146 Å².